The summed E-state index contributed by atoms with van der Waals surface area (Å²) in [6.07, 6.45) is 0.443. The van der Waals surface area contributed by atoms with Crippen molar-refractivity contribution in [3.63, 3.8) is 0 Å². The number of nitrogens with one attached hydrogen (secondary N) is 1. The third kappa shape index (κ3) is 5.67. The first-order valence-electron chi connectivity index (χ1n) is 6.86. The van der Waals surface area contributed by atoms with E-state index in [1.165, 1.54) is 12.1 Å². The quantitative estimate of drug-likeness (QED) is 0.792. The van der Waals surface area contributed by atoms with Gasteiger partial charge in [-0.1, -0.05) is 23.2 Å². The van der Waals surface area contributed by atoms with Crippen LogP contribution in [0.25, 0.3) is 0 Å². The molecule has 9 heteroatoms. The van der Waals surface area contributed by atoms with Crippen LogP contribution in [0.4, 0.5) is 5.69 Å². The lowest BCUT2D eigenvalue weighted by Crippen LogP contribution is -2.22. The summed E-state index contributed by atoms with van der Waals surface area (Å²) >= 11 is 11.7. The van der Waals surface area contributed by atoms with Gasteiger partial charge in [0, 0.05) is 11.4 Å². The van der Waals surface area contributed by atoms with E-state index in [-0.39, 0.29) is 28.9 Å². The molecular formula is C14H15Cl2NO5S. The first-order valence-corrected chi connectivity index (χ1v) is 9.44. The lowest BCUT2D eigenvalue weighted by Gasteiger charge is -2.10. The SMILES string of the molecule is O=C(COC(=O)C[C@@H]1CCS(=O)(=O)C1)Nc1ccc(Cl)cc1Cl. The first-order chi connectivity index (χ1) is 10.7. The zero-order chi connectivity index (χ0) is 17.0. The second-order valence-corrected chi connectivity index (χ2v) is 8.38. The number of carbonyl (C=O) groups is 2. The Kier molecular flexibility index (Phi) is 5.89. The summed E-state index contributed by atoms with van der Waals surface area (Å²) in [4.78, 5) is 23.4. The third-order valence-electron chi connectivity index (χ3n) is 3.35. The van der Waals surface area contributed by atoms with Gasteiger partial charge in [0.15, 0.2) is 16.4 Å². The minimum absolute atomic E-state index is 0.00528. The van der Waals surface area contributed by atoms with E-state index in [2.05, 4.69) is 5.32 Å². The summed E-state index contributed by atoms with van der Waals surface area (Å²) in [6.45, 7) is -0.461. The summed E-state index contributed by atoms with van der Waals surface area (Å²) in [5.74, 6) is -1.28. The van der Waals surface area contributed by atoms with Gasteiger partial charge in [0.05, 0.1) is 22.2 Å². The molecule has 0 spiro atoms. The molecular weight excluding hydrogens is 365 g/mol. The highest BCUT2D eigenvalue weighted by Crippen LogP contribution is 2.25. The first kappa shape index (κ1) is 18.0. The van der Waals surface area contributed by atoms with Crippen molar-refractivity contribution in [3.8, 4) is 0 Å². The molecule has 126 valence electrons. The van der Waals surface area contributed by atoms with Crippen LogP contribution < -0.4 is 5.32 Å². The Morgan fingerprint density at radius 1 is 1.30 bits per heavy atom. The van der Waals surface area contributed by atoms with Crippen LogP contribution in [0.1, 0.15) is 12.8 Å². The summed E-state index contributed by atoms with van der Waals surface area (Å²) < 4.78 is 27.5. The average molecular weight is 380 g/mol. The topological polar surface area (TPSA) is 89.5 Å². The van der Waals surface area contributed by atoms with Crippen molar-refractivity contribution in [1.82, 2.24) is 0 Å². The molecule has 0 saturated carbocycles. The highest BCUT2D eigenvalue weighted by atomic mass is 35.5. The normalized spacial score (nSPS) is 19.3. The van der Waals surface area contributed by atoms with E-state index >= 15 is 0 Å². The van der Waals surface area contributed by atoms with E-state index < -0.39 is 28.3 Å². The Hall–Kier alpha value is -1.31. The molecule has 1 amide bonds. The fraction of sp³-hybridized carbons (Fsp3) is 0.429. The maximum atomic E-state index is 11.7. The maximum absolute atomic E-state index is 11.7. The molecule has 2 rings (SSSR count). The van der Waals surface area contributed by atoms with Gasteiger partial charge >= 0.3 is 5.97 Å². The predicted molar refractivity (Wildman–Crippen MR) is 87.4 cm³/mol. The Bertz CT molecular complexity index is 720. The van der Waals surface area contributed by atoms with Crippen molar-refractivity contribution in [2.24, 2.45) is 5.92 Å². The van der Waals surface area contributed by atoms with Crippen molar-refractivity contribution in [2.75, 3.05) is 23.4 Å². The highest BCUT2D eigenvalue weighted by Gasteiger charge is 2.29. The lowest BCUT2D eigenvalue weighted by molar-refractivity contribution is -0.148. The van der Waals surface area contributed by atoms with Gasteiger partial charge < -0.3 is 10.1 Å². The number of carbonyl (C=O) groups excluding carboxylic acids is 2. The molecule has 0 aliphatic carbocycles. The molecule has 1 N–H and O–H groups in total. The smallest absolute Gasteiger partial charge is 0.306 e. The fourth-order valence-corrected chi connectivity index (χ4v) is 4.57. The zero-order valence-corrected chi connectivity index (χ0v) is 14.4. The number of ether oxygens (including phenoxy) is 1. The number of amides is 1. The molecule has 0 radical (unpaired) electrons. The monoisotopic (exact) mass is 379 g/mol. The number of anilines is 1. The van der Waals surface area contributed by atoms with Gasteiger partial charge in [0.2, 0.25) is 0 Å². The molecule has 1 aromatic carbocycles. The van der Waals surface area contributed by atoms with E-state index in [0.717, 1.165) is 0 Å². The van der Waals surface area contributed by atoms with Crippen LogP contribution in [0.2, 0.25) is 10.0 Å². The molecule has 1 aromatic rings. The molecule has 1 aliphatic rings. The average Bonchev–Trinajstić information content (AvgIpc) is 2.79. The van der Waals surface area contributed by atoms with Crippen molar-refractivity contribution < 1.29 is 22.7 Å². The van der Waals surface area contributed by atoms with Gasteiger partial charge in [0.1, 0.15) is 0 Å². The molecule has 1 atom stereocenters. The summed E-state index contributed by atoms with van der Waals surface area (Å²) in [7, 11) is -3.03. The molecule has 1 heterocycles. The largest absolute Gasteiger partial charge is 0.456 e. The summed E-state index contributed by atoms with van der Waals surface area (Å²) in [5, 5.41) is 3.20. The number of rotatable bonds is 5. The van der Waals surface area contributed by atoms with Gasteiger partial charge in [-0.25, -0.2) is 8.42 Å². The van der Waals surface area contributed by atoms with Crippen molar-refractivity contribution in [3.05, 3.63) is 28.2 Å². The number of benzene rings is 1. The Balaban J connectivity index is 1.77. The van der Waals surface area contributed by atoms with E-state index in [1.54, 1.807) is 6.07 Å². The van der Waals surface area contributed by atoms with Gasteiger partial charge in [-0.2, -0.15) is 0 Å². The van der Waals surface area contributed by atoms with E-state index in [9.17, 15) is 18.0 Å². The predicted octanol–water partition coefficient (Wildman–Crippen LogP) is 2.30. The van der Waals surface area contributed by atoms with Crippen LogP contribution in [0.5, 0.6) is 0 Å². The van der Waals surface area contributed by atoms with Gasteiger partial charge in [-0.05, 0) is 30.5 Å². The molecule has 1 saturated heterocycles. The summed E-state index contributed by atoms with van der Waals surface area (Å²) in [6, 6.07) is 4.58. The van der Waals surface area contributed by atoms with Crippen LogP contribution in [0.3, 0.4) is 0 Å². The van der Waals surface area contributed by atoms with Gasteiger partial charge in [-0.3, -0.25) is 9.59 Å². The lowest BCUT2D eigenvalue weighted by atomic mass is 10.1. The summed E-state index contributed by atoms with van der Waals surface area (Å²) in [5.41, 5.74) is 0.360. The third-order valence-corrected chi connectivity index (χ3v) is 5.74. The highest BCUT2D eigenvalue weighted by molar-refractivity contribution is 7.91. The minimum atomic E-state index is -3.03. The van der Waals surface area contributed by atoms with Crippen LogP contribution >= 0.6 is 23.2 Å². The Morgan fingerprint density at radius 2 is 2.04 bits per heavy atom. The van der Waals surface area contributed by atoms with E-state index in [0.29, 0.717) is 17.1 Å². The standard InChI is InChI=1S/C14H15Cl2NO5S/c15-10-1-2-12(11(16)6-10)17-13(18)7-22-14(19)5-9-3-4-23(20,21)8-9/h1-2,6,9H,3-5,7-8H2,(H,17,18)/t9-/m0/s1. The Labute approximate surface area is 144 Å². The van der Waals surface area contributed by atoms with Crippen molar-refractivity contribution >= 4 is 50.6 Å². The number of sulfone groups is 1. The van der Waals surface area contributed by atoms with Crippen molar-refractivity contribution in [2.45, 2.75) is 12.8 Å². The number of hydrogen-bond donors (Lipinski definition) is 1. The number of esters is 1. The molecule has 1 aliphatic heterocycles. The second-order valence-electron chi connectivity index (χ2n) is 5.31. The molecule has 6 nitrogen and oxygen atoms in total. The minimum Gasteiger partial charge on any atom is -0.456 e. The van der Waals surface area contributed by atoms with Crippen LogP contribution in [-0.4, -0.2) is 38.4 Å². The Morgan fingerprint density at radius 3 is 2.65 bits per heavy atom. The molecule has 0 bridgehead atoms. The van der Waals surface area contributed by atoms with Gasteiger partial charge in [-0.15, -0.1) is 0 Å². The van der Waals surface area contributed by atoms with Crippen LogP contribution in [-0.2, 0) is 24.2 Å². The molecule has 0 aromatic heterocycles. The van der Waals surface area contributed by atoms with E-state index in [4.69, 9.17) is 27.9 Å². The molecule has 1 fully saturated rings. The molecule has 23 heavy (non-hydrogen) atoms. The van der Waals surface area contributed by atoms with Crippen LogP contribution in [0.15, 0.2) is 18.2 Å². The maximum Gasteiger partial charge on any atom is 0.306 e. The van der Waals surface area contributed by atoms with E-state index in [1.807, 2.05) is 0 Å². The zero-order valence-electron chi connectivity index (χ0n) is 12.1. The number of halogens is 2. The second kappa shape index (κ2) is 7.51. The number of hydrogen-bond acceptors (Lipinski definition) is 5. The van der Waals surface area contributed by atoms with Crippen molar-refractivity contribution in [1.29, 1.82) is 0 Å². The van der Waals surface area contributed by atoms with Crippen LogP contribution in [0, 0.1) is 5.92 Å². The fourth-order valence-electron chi connectivity index (χ4n) is 2.25. The molecule has 0 unspecified atom stereocenters. The van der Waals surface area contributed by atoms with Gasteiger partial charge in [0.25, 0.3) is 5.91 Å².